The zero-order chi connectivity index (χ0) is 16.7. The predicted octanol–water partition coefficient (Wildman–Crippen LogP) is 0.602. The molecular weight excluding hydrogens is 280 g/mol. The Labute approximate surface area is 124 Å². The molecule has 21 heavy (non-hydrogen) atoms. The number of aliphatic carboxylic acids is 1. The van der Waals surface area contributed by atoms with E-state index in [0.29, 0.717) is 13.0 Å². The summed E-state index contributed by atoms with van der Waals surface area (Å²) >= 11 is 0. The number of carboxylic acids is 1. The quantitative estimate of drug-likeness (QED) is 0.580. The van der Waals surface area contributed by atoms with Crippen molar-refractivity contribution in [2.75, 3.05) is 26.3 Å². The highest BCUT2D eigenvalue weighted by molar-refractivity contribution is 5.75. The fraction of sp³-hybridized carbons (Fsp3) is 0.692. The maximum absolute atomic E-state index is 10.6. The fourth-order valence-electron chi connectivity index (χ4n) is 0.952. The zero-order valence-corrected chi connectivity index (χ0v) is 13.0. The second-order valence-corrected chi connectivity index (χ2v) is 3.81. The molecule has 0 aromatic heterocycles. The summed E-state index contributed by atoms with van der Waals surface area (Å²) in [6.07, 6.45) is 0.458. The van der Waals surface area contributed by atoms with Gasteiger partial charge in [0.25, 0.3) is 5.97 Å². The lowest BCUT2D eigenvalue weighted by Crippen LogP contribution is -2.26. The average molecular weight is 304 g/mol. The van der Waals surface area contributed by atoms with Gasteiger partial charge in [-0.05, 0) is 0 Å². The number of hydrogen-bond donors (Lipinski definition) is 2. The van der Waals surface area contributed by atoms with E-state index in [2.05, 4.69) is 15.0 Å². The number of nitrogens with zero attached hydrogens (tertiary/aromatic N) is 1. The van der Waals surface area contributed by atoms with Gasteiger partial charge in [0.15, 0.2) is 5.90 Å². The summed E-state index contributed by atoms with van der Waals surface area (Å²) in [4.78, 5) is 33.8. The molecule has 0 fully saturated rings. The van der Waals surface area contributed by atoms with Gasteiger partial charge >= 0.3 is 5.97 Å². The van der Waals surface area contributed by atoms with E-state index < -0.39 is 5.97 Å². The Morgan fingerprint density at radius 2 is 1.95 bits per heavy atom. The molecule has 1 amide bonds. The first kappa shape index (κ1) is 21.2. The lowest BCUT2D eigenvalue weighted by molar-refractivity contribution is -0.141. The van der Waals surface area contributed by atoms with E-state index in [0.717, 1.165) is 26.0 Å². The minimum absolute atomic E-state index is 0.0304. The Morgan fingerprint density at radius 3 is 2.24 bits per heavy atom. The second-order valence-electron chi connectivity index (χ2n) is 3.81. The molecule has 1 aliphatic heterocycles. The van der Waals surface area contributed by atoms with Crippen molar-refractivity contribution in [1.29, 1.82) is 0 Å². The number of amides is 1. The predicted molar refractivity (Wildman–Crippen MR) is 77.2 cm³/mol. The molecule has 0 aromatic rings. The van der Waals surface area contributed by atoms with Crippen molar-refractivity contribution in [1.82, 2.24) is 5.32 Å². The molecular formula is C13H24N2O6. The molecule has 1 aliphatic rings. The van der Waals surface area contributed by atoms with Crippen molar-refractivity contribution in [2.45, 2.75) is 34.1 Å². The standard InChI is InChI=1S/C7H13NO3.C4H7NO.C2H4O2/c1-3-7(10)8-4-5-11-6(2)9;1-4-5-2-3-6-4;1-2(3)4/h3-5H2,1-2H3,(H,8,10);2-3H2,1H3;1H3,(H,3,4). The summed E-state index contributed by atoms with van der Waals surface area (Å²) in [5.41, 5.74) is 0. The van der Waals surface area contributed by atoms with E-state index >= 15 is 0 Å². The molecule has 0 aliphatic carbocycles. The van der Waals surface area contributed by atoms with E-state index in [1.165, 1.54) is 6.92 Å². The SMILES string of the molecule is CC(=O)O.CC1=NCCO1.CCC(=O)NCCOC(C)=O. The van der Waals surface area contributed by atoms with Gasteiger partial charge in [-0.1, -0.05) is 6.92 Å². The van der Waals surface area contributed by atoms with Crippen molar-refractivity contribution >= 4 is 23.7 Å². The maximum Gasteiger partial charge on any atom is 0.302 e. The first-order chi connectivity index (χ1) is 9.79. The van der Waals surface area contributed by atoms with E-state index in [9.17, 15) is 9.59 Å². The first-order valence-corrected chi connectivity index (χ1v) is 6.53. The van der Waals surface area contributed by atoms with Crippen LogP contribution in [0, 0.1) is 0 Å². The largest absolute Gasteiger partial charge is 0.481 e. The maximum atomic E-state index is 10.6. The lowest BCUT2D eigenvalue weighted by Gasteiger charge is -2.02. The highest BCUT2D eigenvalue weighted by Gasteiger charge is 1.96. The third kappa shape index (κ3) is 23.4. The van der Waals surface area contributed by atoms with Crippen LogP contribution in [0.5, 0.6) is 0 Å². The summed E-state index contributed by atoms with van der Waals surface area (Å²) in [7, 11) is 0. The molecule has 1 rings (SSSR count). The molecule has 0 radical (unpaired) electrons. The Kier molecular flexibility index (Phi) is 14.4. The van der Waals surface area contributed by atoms with Crippen molar-refractivity contribution in [3.8, 4) is 0 Å². The molecule has 122 valence electrons. The minimum Gasteiger partial charge on any atom is -0.481 e. The summed E-state index contributed by atoms with van der Waals surface area (Å²) < 4.78 is 9.49. The van der Waals surface area contributed by atoms with Gasteiger partial charge in [-0.3, -0.25) is 19.4 Å². The zero-order valence-electron chi connectivity index (χ0n) is 13.0. The minimum atomic E-state index is -0.833. The van der Waals surface area contributed by atoms with Gasteiger partial charge in [0.05, 0.1) is 13.1 Å². The number of carboxylic acid groups (broad SMARTS) is 1. The summed E-state index contributed by atoms with van der Waals surface area (Å²) in [5.74, 6) is -0.358. The average Bonchev–Trinajstić information content (AvgIpc) is 2.85. The summed E-state index contributed by atoms with van der Waals surface area (Å²) in [6, 6.07) is 0. The van der Waals surface area contributed by atoms with E-state index in [1.807, 2.05) is 6.92 Å². The molecule has 0 aromatic carbocycles. The van der Waals surface area contributed by atoms with Crippen LogP contribution in [0.25, 0.3) is 0 Å². The highest BCUT2D eigenvalue weighted by atomic mass is 16.5. The third-order valence-corrected chi connectivity index (χ3v) is 1.79. The third-order valence-electron chi connectivity index (χ3n) is 1.79. The molecule has 2 N–H and O–H groups in total. The monoisotopic (exact) mass is 304 g/mol. The van der Waals surface area contributed by atoms with Gasteiger partial charge in [0.2, 0.25) is 5.91 Å². The van der Waals surface area contributed by atoms with Gasteiger partial charge in [0.1, 0.15) is 13.2 Å². The number of aliphatic imine (C=N–C) groups is 1. The molecule has 0 atom stereocenters. The van der Waals surface area contributed by atoms with E-state index in [4.69, 9.17) is 14.6 Å². The molecule has 0 unspecified atom stereocenters. The van der Waals surface area contributed by atoms with E-state index in [-0.39, 0.29) is 18.5 Å². The second kappa shape index (κ2) is 14.3. The Hall–Kier alpha value is -2.12. The topological polar surface area (TPSA) is 114 Å². The lowest BCUT2D eigenvalue weighted by atomic mass is 10.4. The highest BCUT2D eigenvalue weighted by Crippen LogP contribution is 1.89. The van der Waals surface area contributed by atoms with Crippen LogP contribution >= 0.6 is 0 Å². The molecule has 0 spiro atoms. The number of rotatable bonds is 4. The van der Waals surface area contributed by atoms with Crippen LogP contribution < -0.4 is 5.32 Å². The molecule has 1 heterocycles. The summed E-state index contributed by atoms with van der Waals surface area (Å²) in [6.45, 7) is 8.33. The smallest absolute Gasteiger partial charge is 0.302 e. The Bertz CT molecular complexity index is 351. The van der Waals surface area contributed by atoms with Crippen LogP contribution in [0.15, 0.2) is 4.99 Å². The van der Waals surface area contributed by atoms with Crippen LogP contribution in [0.2, 0.25) is 0 Å². The number of carbonyl (C=O) groups is 3. The van der Waals surface area contributed by atoms with Crippen molar-refractivity contribution < 1.29 is 29.0 Å². The van der Waals surface area contributed by atoms with Crippen LogP contribution in [0.4, 0.5) is 0 Å². The number of esters is 1. The Balaban J connectivity index is 0. The molecule has 8 nitrogen and oxygen atoms in total. The van der Waals surface area contributed by atoms with Gasteiger partial charge in [-0.15, -0.1) is 0 Å². The van der Waals surface area contributed by atoms with E-state index in [1.54, 1.807) is 6.92 Å². The number of hydrogen-bond acceptors (Lipinski definition) is 6. The number of carbonyl (C=O) groups excluding carboxylic acids is 2. The normalized spacial score (nSPS) is 11.5. The fourth-order valence-corrected chi connectivity index (χ4v) is 0.952. The van der Waals surface area contributed by atoms with Crippen molar-refractivity contribution in [3.63, 3.8) is 0 Å². The number of nitrogens with one attached hydrogen (secondary N) is 1. The molecule has 0 bridgehead atoms. The van der Waals surface area contributed by atoms with Gasteiger partial charge < -0.3 is 19.9 Å². The summed E-state index contributed by atoms with van der Waals surface area (Å²) in [5, 5.41) is 9.99. The van der Waals surface area contributed by atoms with Crippen LogP contribution in [0.3, 0.4) is 0 Å². The van der Waals surface area contributed by atoms with Crippen LogP contribution in [-0.2, 0) is 23.9 Å². The molecule has 8 heteroatoms. The molecule has 0 saturated heterocycles. The number of ether oxygens (including phenoxy) is 2. The van der Waals surface area contributed by atoms with Gasteiger partial charge in [-0.25, -0.2) is 0 Å². The van der Waals surface area contributed by atoms with Crippen LogP contribution in [-0.4, -0.2) is 55.2 Å². The van der Waals surface area contributed by atoms with Gasteiger partial charge in [-0.2, -0.15) is 0 Å². The first-order valence-electron chi connectivity index (χ1n) is 6.53. The van der Waals surface area contributed by atoms with Gasteiger partial charge in [0, 0.05) is 27.2 Å². The Morgan fingerprint density at radius 1 is 1.38 bits per heavy atom. The molecule has 0 saturated carbocycles. The van der Waals surface area contributed by atoms with Crippen molar-refractivity contribution in [3.05, 3.63) is 0 Å². The van der Waals surface area contributed by atoms with Crippen LogP contribution in [0.1, 0.15) is 34.1 Å². The van der Waals surface area contributed by atoms with Crippen molar-refractivity contribution in [2.24, 2.45) is 4.99 Å².